The van der Waals surface area contributed by atoms with Crippen molar-refractivity contribution >= 4 is 15.7 Å². The maximum absolute atomic E-state index is 12.3. The van der Waals surface area contributed by atoms with Gasteiger partial charge in [-0.2, -0.15) is 0 Å². The van der Waals surface area contributed by atoms with Crippen LogP contribution in [0.1, 0.15) is 29.3 Å². The fraction of sp³-hybridized carbons (Fsp3) is 0.429. The zero-order valence-corrected chi connectivity index (χ0v) is 12.4. The van der Waals surface area contributed by atoms with Gasteiger partial charge in [-0.3, -0.25) is 9.78 Å². The molecule has 2 heterocycles. The van der Waals surface area contributed by atoms with Crippen molar-refractivity contribution in [2.75, 3.05) is 18.1 Å². The molecule has 1 aromatic rings. The first-order chi connectivity index (χ1) is 9.85. The van der Waals surface area contributed by atoms with Crippen LogP contribution in [0, 0.1) is 11.8 Å². The molecule has 112 valence electrons. The highest BCUT2D eigenvalue weighted by Crippen LogP contribution is 2.23. The van der Waals surface area contributed by atoms with Crippen LogP contribution in [0.25, 0.3) is 0 Å². The van der Waals surface area contributed by atoms with Crippen LogP contribution < -0.4 is 5.32 Å². The van der Waals surface area contributed by atoms with Crippen LogP contribution >= 0.6 is 0 Å². The van der Waals surface area contributed by atoms with E-state index in [1.807, 2.05) is 0 Å². The summed E-state index contributed by atoms with van der Waals surface area (Å²) in [6.07, 6.45) is 3.29. The molecule has 0 radical (unpaired) electrons. The largest absolute Gasteiger partial charge is 0.384 e. The number of rotatable bonds is 2. The van der Waals surface area contributed by atoms with Crippen molar-refractivity contribution in [1.82, 2.24) is 10.3 Å². The molecule has 0 spiro atoms. The normalized spacial score (nSPS) is 23.1. The maximum atomic E-state index is 12.3. The van der Waals surface area contributed by atoms with E-state index in [1.165, 1.54) is 18.5 Å². The molecule has 1 aliphatic rings. The summed E-state index contributed by atoms with van der Waals surface area (Å²) in [7, 11) is -3.09. The number of carbonyl (C=O) groups is 1. The van der Waals surface area contributed by atoms with Crippen molar-refractivity contribution in [3.63, 3.8) is 0 Å². The molecule has 0 bridgehead atoms. The molecule has 2 rings (SSSR count). The van der Waals surface area contributed by atoms with E-state index in [-0.39, 0.29) is 24.0 Å². The Bertz CT molecular complexity index is 718. The van der Waals surface area contributed by atoms with Crippen molar-refractivity contribution in [3.8, 4) is 11.8 Å². The predicted molar refractivity (Wildman–Crippen MR) is 77.3 cm³/mol. The van der Waals surface area contributed by atoms with E-state index in [0.29, 0.717) is 17.5 Å². The number of amides is 1. The third-order valence-corrected chi connectivity index (χ3v) is 5.19. The molecule has 1 aromatic heterocycles. The Morgan fingerprint density at radius 3 is 2.95 bits per heavy atom. The third kappa shape index (κ3) is 3.80. The van der Waals surface area contributed by atoms with Crippen LogP contribution in [-0.4, -0.2) is 48.1 Å². The molecule has 6 nitrogen and oxygen atoms in total. The summed E-state index contributed by atoms with van der Waals surface area (Å²) in [5.74, 6) is 4.75. The Kier molecular flexibility index (Phi) is 4.30. The van der Waals surface area contributed by atoms with Gasteiger partial charge in [0.15, 0.2) is 9.84 Å². The summed E-state index contributed by atoms with van der Waals surface area (Å²) in [6, 6.07) is 1.52. The molecule has 1 saturated heterocycles. The lowest BCUT2D eigenvalue weighted by Gasteiger charge is -2.24. The topological polar surface area (TPSA) is 96.4 Å². The summed E-state index contributed by atoms with van der Waals surface area (Å²) in [5, 5.41) is 11.5. The van der Waals surface area contributed by atoms with E-state index in [9.17, 15) is 13.2 Å². The Labute approximate surface area is 123 Å². The first-order valence-electron chi connectivity index (χ1n) is 6.42. The number of carbonyl (C=O) groups excluding carboxylic acids is 1. The fourth-order valence-corrected chi connectivity index (χ4v) is 4.37. The molecular weight excluding hydrogens is 292 g/mol. The Morgan fingerprint density at radius 2 is 2.33 bits per heavy atom. The van der Waals surface area contributed by atoms with Gasteiger partial charge in [-0.1, -0.05) is 11.8 Å². The van der Waals surface area contributed by atoms with Crippen LogP contribution in [0.3, 0.4) is 0 Å². The molecule has 1 aliphatic heterocycles. The molecular formula is C14H16N2O4S. The molecule has 21 heavy (non-hydrogen) atoms. The van der Waals surface area contributed by atoms with E-state index in [2.05, 4.69) is 22.1 Å². The summed E-state index contributed by atoms with van der Waals surface area (Å²) in [4.78, 5) is 16.2. The smallest absolute Gasteiger partial charge is 0.253 e. The monoisotopic (exact) mass is 308 g/mol. The minimum atomic E-state index is -3.09. The second-order valence-electron chi connectivity index (χ2n) is 5.24. The van der Waals surface area contributed by atoms with E-state index in [1.54, 1.807) is 6.92 Å². The van der Waals surface area contributed by atoms with Gasteiger partial charge in [-0.25, -0.2) is 8.42 Å². The van der Waals surface area contributed by atoms with Crippen LogP contribution in [0.5, 0.6) is 0 Å². The molecule has 0 aliphatic carbocycles. The Morgan fingerprint density at radius 1 is 1.57 bits per heavy atom. The molecule has 1 fully saturated rings. The molecule has 2 N–H and O–H groups in total. The number of nitrogens with one attached hydrogen (secondary N) is 1. The lowest BCUT2D eigenvalue weighted by molar-refractivity contribution is 0.0915. The highest BCUT2D eigenvalue weighted by atomic mass is 32.2. The Balaban J connectivity index is 2.22. The van der Waals surface area contributed by atoms with Gasteiger partial charge in [-0.05, 0) is 19.4 Å². The predicted octanol–water partition coefficient (Wildman–Crippen LogP) is -0.268. The van der Waals surface area contributed by atoms with E-state index in [0.717, 1.165) is 0 Å². The summed E-state index contributed by atoms with van der Waals surface area (Å²) in [5.41, 5.74) is -0.0501. The molecule has 1 amide bonds. The van der Waals surface area contributed by atoms with E-state index < -0.39 is 15.4 Å². The molecule has 1 unspecified atom stereocenters. The van der Waals surface area contributed by atoms with Gasteiger partial charge in [0.2, 0.25) is 0 Å². The average Bonchev–Trinajstić information content (AvgIpc) is 2.70. The first-order valence-corrected chi connectivity index (χ1v) is 8.24. The SMILES string of the molecule is CC1(NC(=O)c2ccncc2C#CCO)CCS(=O)(=O)C1. The van der Waals surface area contributed by atoms with Crippen LogP contribution in [0.2, 0.25) is 0 Å². The number of nitrogens with zero attached hydrogens (tertiary/aromatic N) is 1. The van der Waals surface area contributed by atoms with Crippen molar-refractivity contribution in [2.24, 2.45) is 0 Å². The van der Waals surface area contributed by atoms with Gasteiger partial charge in [0.05, 0.1) is 28.2 Å². The van der Waals surface area contributed by atoms with Crippen molar-refractivity contribution in [2.45, 2.75) is 18.9 Å². The standard InChI is InChI=1S/C14H16N2O4S/c1-14(5-8-21(19,20)10-14)16-13(18)12-4-6-15-9-11(12)3-2-7-17/h4,6,9,17H,5,7-8,10H2,1H3,(H,16,18). The number of hydrogen-bond acceptors (Lipinski definition) is 5. The highest BCUT2D eigenvalue weighted by molar-refractivity contribution is 7.91. The maximum Gasteiger partial charge on any atom is 0.253 e. The summed E-state index contributed by atoms with van der Waals surface area (Å²) in [6.45, 7) is 1.40. The summed E-state index contributed by atoms with van der Waals surface area (Å²) >= 11 is 0. The Hall–Kier alpha value is -1.91. The number of pyridine rings is 1. The number of aliphatic hydroxyl groups is 1. The molecule has 0 saturated carbocycles. The molecule has 7 heteroatoms. The first kappa shape index (κ1) is 15.5. The number of aliphatic hydroxyl groups excluding tert-OH is 1. The van der Waals surface area contributed by atoms with Crippen LogP contribution in [0.4, 0.5) is 0 Å². The van der Waals surface area contributed by atoms with Crippen molar-refractivity contribution in [3.05, 3.63) is 29.6 Å². The van der Waals surface area contributed by atoms with Crippen LogP contribution in [0.15, 0.2) is 18.5 Å². The highest BCUT2D eigenvalue weighted by Gasteiger charge is 2.39. The number of sulfone groups is 1. The number of hydrogen-bond donors (Lipinski definition) is 2. The van der Waals surface area contributed by atoms with Gasteiger partial charge in [0, 0.05) is 12.4 Å². The second kappa shape index (κ2) is 5.84. The lowest BCUT2D eigenvalue weighted by Crippen LogP contribution is -2.47. The van der Waals surface area contributed by atoms with Gasteiger partial charge in [0.25, 0.3) is 5.91 Å². The number of aromatic nitrogens is 1. The van der Waals surface area contributed by atoms with Crippen LogP contribution in [-0.2, 0) is 9.84 Å². The van der Waals surface area contributed by atoms with E-state index in [4.69, 9.17) is 5.11 Å². The van der Waals surface area contributed by atoms with Gasteiger partial charge >= 0.3 is 0 Å². The quantitative estimate of drug-likeness (QED) is 0.733. The minimum Gasteiger partial charge on any atom is -0.384 e. The van der Waals surface area contributed by atoms with Crippen molar-refractivity contribution in [1.29, 1.82) is 0 Å². The second-order valence-corrected chi connectivity index (χ2v) is 7.42. The fourth-order valence-electron chi connectivity index (χ4n) is 2.28. The molecule has 1 atom stereocenters. The van der Waals surface area contributed by atoms with Gasteiger partial charge in [-0.15, -0.1) is 0 Å². The lowest BCUT2D eigenvalue weighted by atomic mass is 10.0. The zero-order chi connectivity index (χ0) is 15.5. The van der Waals surface area contributed by atoms with Gasteiger partial charge in [0.1, 0.15) is 6.61 Å². The van der Waals surface area contributed by atoms with Crippen molar-refractivity contribution < 1.29 is 18.3 Å². The van der Waals surface area contributed by atoms with Gasteiger partial charge < -0.3 is 10.4 Å². The molecule has 0 aromatic carbocycles. The minimum absolute atomic E-state index is 0.0610. The summed E-state index contributed by atoms with van der Waals surface area (Å²) < 4.78 is 23.1. The third-order valence-electron chi connectivity index (χ3n) is 3.29. The van der Waals surface area contributed by atoms with E-state index >= 15 is 0 Å². The average molecular weight is 308 g/mol. The zero-order valence-electron chi connectivity index (χ0n) is 11.6.